The highest BCUT2D eigenvalue weighted by atomic mass is 16.4. The largest absolute Gasteiger partial charge is 0.480 e. The summed E-state index contributed by atoms with van der Waals surface area (Å²) in [5.74, 6) is -1.57. The predicted molar refractivity (Wildman–Crippen MR) is 132 cm³/mol. The molecule has 7 N–H and O–H groups in total. The number of carboxylic acid groups (broad SMARTS) is 1. The number of aliphatic imine (C=N–C) groups is 1. The first kappa shape index (κ1) is 28.5. The lowest BCUT2D eigenvalue weighted by molar-refractivity contribution is -0.142. The van der Waals surface area contributed by atoms with Crippen molar-refractivity contribution in [3.63, 3.8) is 0 Å². The van der Waals surface area contributed by atoms with Gasteiger partial charge in [-0.2, -0.15) is 0 Å². The number of hydrogen-bond acceptors (Lipinski definition) is 7. The van der Waals surface area contributed by atoms with Crippen molar-refractivity contribution in [1.29, 1.82) is 0 Å². The van der Waals surface area contributed by atoms with Crippen molar-refractivity contribution >= 4 is 29.5 Å². The molecular weight excluding hydrogens is 454 g/mol. The maximum absolute atomic E-state index is 12.9. The zero-order valence-electron chi connectivity index (χ0n) is 21.4. The Labute approximate surface area is 206 Å². The number of rotatable bonds is 10. The number of nitrogens with two attached hydrogens (primary N) is 1. The summed E-state index contributed by atoms with van der Waals surface area (Å²) in [5.41, 5.74) is 5.08. The predicted octanol–water partition coefficient (Wildman–Crippen LogP) is -1.06. The number of amides is 3. The average Bonchev–Trinajstić information content (AvgIpc) is 3.22. The number of nitrogens with zero attached hydrogens (tertiary/aromatic N) is 2. The fraction of sp³-hybridized carbons (Fsp3) is 0.783. The monoisotopic (exact) mass is 495 g/mol. The molecule has 35 heavy (non-hydrogen) atoms. The van der Waals surface area contributed by atoms with Crippen molar-refractivity contribution in [2.45, 2.75) is 96.1 Å². The van der Waals surface area contributed by atoms with E-state index in [9.17, 15) is 24.3 Å². The highest BCUT2D eigenvalue weighted by molar-refractivity contribution is 5.95. The van der Waals surface area contributed by atoms with E-state index in [1.165, 1.54) is 6.92 Å². The van der Waals surface area contributed by atoms with Crippen LogP contribution in [0.4, 0.5) is 0 Å². The number of fused-ring (bicyclic) bond motifs is 1. The number of piperazine rings is 1. The minimum atomic E-state index is -1.15. The Morgan fingerprint density at radius 1 is 1.26 bits per heavy atom. The maximum atomic E-state index is 12.9. The molecule has 2 heterocycles. The van der Waals surface area contributed by atoms with Gasteiger partial charge in [-0.25, -0.2) is 4.79 Å². The van der Waals surface area contributed by atoms with Crippen LogP contribution in [0.15, 0.2) is 4.99 Å². The Balaban J connectivity index is 1.96. The van der Waals surface area contributed by atoms with Crippen molar-refractivity contribution in [1.82, 2.24) is 26.2 Å². The summed E-state index contributed by atoms with van der Waals surface area (Å²) in [7, 11) is 0. The molecule has 12 heteroatoms. The van der Waals surface area contributed by atoms with E-state index in [-0.39, 0.29) is 42.5 Å². The van der Waals surface area contributed by atoms with E-state index in [1.807, 2.05) is 27.7 Å². The minimum absolute atomic E-state index is 0.0350. The second-order valence-electron chi connectivity index (χ2n) is 10.3. The first-order chi connectivity index (χ1) is 16.3. The van der Waals surface area contributed by atoms with Gasteiger partial charge in [0.25, 0.3) is 0 Å². The molecule has 0 saturated carbocycles. The zero-order chi connectivity index (χ0) is 26.3. The molecule has 0 aliphatic carbocycles. The van der Waals surface area contributed by atoms with Gasteiger partial charge < -0.3 is 32.1 Å². The van der Waals surface area contributed by atoms with Gasteiger partial charge in [0.05, 0.1) is 6.04 Å². The van der Waals surface area contributed by atoms with Crippen LogP contribution in [0.25, 0.3) is 0 Å². The number of carboxylic acids is 1. The highest BCUT2D eigenvalue weighted by Gasteiger charge is 2.45. The van der Waals surface area contributed by atoms with Gasteiger partial charge in [-0.3, -0.25) is 24.3 Å². The molecule has 0 aromatic rings. The molecule has 0 bridgehead atoms. The lowest BCUT2D eigenvalue weighted by Gasteiger charge is -2.43. The van der Waals surface area contributed by atoms with E-state index in [2.05, 4.69) is 31.2 Å². The molecule has 2 fully saturated rings. The van der Waals surface area contributed by atoms with Crippen LogP contribution in [0.2, 0.25) is 0 Å². The van der Waals surface area contributed by atoms with Crippen LogP contribution < -0.4 is 27.0 Å². The molecule has 198 valence electrons. The summed E-state index contributed by atoms with van der Waals surface area (Å²) in [6, 6.07) is -2.59. The molecule has 2 aliphatic rings. The van der Waals surface area contributed by atoms with E-state index in [1.54, 1.807) is 0 Å². The summed E-state index contributed by atoms with van der Waals surface area (Å²) in [4.78, 5) is 55.6. The molecule has 0 aromatic heterocycles. The molecule has 2 aliphatic heterocycles. The summed E-state index contributed by atoms with van der Waals surface area (Å²) in [6.07, 6.45) is 2.42. The zero-order valence-corrected chi connectivity index (χ0v) is 21.4. The van der Waals surface area contributed by atoms with Crippen molar-refractivity contribution in [3.8, 4) is 0 Å². The van der Waals surface area contributed by atoms with E-state index in [0.29, 0.717) is 18.8 Å². The molecule has 0 unspecified atom stereocenters. The SMILES string of the molecule is C[C@H](NC(=O)CN=C1N[C@@H](C)[C@@H](C(=O)NC(C)(C)C)N2CCC[C@H]12)C(=O)N[C@H](CCCN)C(=O)O. The highest BCUT2D eigenvalue weighted by Crippen LogP contribution is 2.27. The fourth-order valence-corrected chi connectivity index (χ4v) is 4.47. The Hall–Kier alpha value is -2.73. The van der Waals surface area contributed by atoms with Crippen LogP contribution in [0.3, 0.4) is 0 Å². The van der Waals surface area contributed by atoms with Crippen molar-refractivity contribution in [2.75, 3.05) is 19.6 Å². The van der Waals surface area contributed by atoms with Crippen LogP contribution in [-0.4, -0.2) is 94.9 Å². The number of amidine groups is 1. The summed E-state index contributed by atoms with van der Waals surface area (Å²) < 4.78 is 0. The van der Waals surface area contributed by atoms with Gasteiger partial charge in [0.15, 0.2) is 0 Å². The Morgan fingerprint density at radius 3 is 2.54 bits per heavy atom. The first-order valence-electron chi connectivity index (χ1n) is 12.2. The molecule has 5 atom stereocenters. The molecule has 3 amide bonds. The second-order valence-corrected chi connectivity index (χ2v) is 10.3. The van der Waals surface area contributed by atoms with Crippen molar-refractivity contribution in [2.24, 2.45) is 10.7 Å². The van der Waals surface area contributed by atoms with Gasteiger partial charge in [0, 0.05) is 11.6 Å². The lowest BCUT2D eigenvalue weighted by atomic mass is 9.98. The smallest absolute Gasteiger partial charge is 0.326 e. The number of nitrogens with one attached hydrogen (secondary N) is 4. The van der Waals surface area contributed by atoms with Gasteiger partial charge in [0.1, 0.15) is 30.5 Å². The quantitative estimate of drug-likeness (QED) is 0.222. The van der Waals surface area contributed by atoms with Gasteiger partial charge in [0.2, 0.25) is 17.7 Å². The van der Waals surface area contributed by atoms with E-state index >= 15 is 0 Å². The number of aliphatic carboxylic acids is 1. The van der Waals surface area contributed by atoms with E-state index < -0.39 is 29.9 Å². The Kier molecular flexibility index (Phi) is 10.0. The minimum Gasteiger partial charge on any atom is -0.480 e. The Morgan fingerprint density at radius 2 is 1.94 bits per heavy atom. The number of carbonyl (C=O) groups is 4. The van der Waals surface area contributed by atoms with Crippen LogP contribution in [0, 0.1) is 0 Å². The first-order valence-corrected chi connectivity index (χ1v) is 12.2. The lowest BCUT2D eigenvalue weighted by Crippen LogP contribution is -2.67. The summed E-state index contributed by atoms with van der Waals surface area (Å²) in [5, 5.41) is 20.6. The van der Waals surface area contributed by atoms with Gasteiger partial charge in [-0.15, -0.1) is 0 Å². The fourth-order valence-electron chi connectivity index (χ4n) is 4.47. The molecule has 12 nitrogen and oxygen atoms in total. The maximum Gasteiger partial charge on any atom is 0.326 e. The normalized spacial score (nSPS) is 25.2. The number of carbonyl (C=O) groups excluding carboxylic acids is 3. The molecular formula is C23H41N7O5. The van der Waals surface area contributed by atoms with Crippen LogP contribution in [-0.2, 0) is 19.2 Å². The Bertz CT molecular complexity index is 826. The molecule has 0 aromatic carbocycles. The van der Waals surface area contributed by atoms with Gasteiger partial charge in [-0.1, -0.05) is 0 Å². The molecule has 2 rings (SSSR count). The van der Waals surface area contributed by atoms with Gasteiger partial charge in [-0.05, 0) is 73.4 Å². The summed E-state index contributed by atoms with van der Waals surface area (Å²) >= 11 is 0. The van der Waals surface area contributed by atoms with Crippen LogP contribution in [0.1, 0.15) is 60.3 Å². The van der Waals surface area contributed by atoms with Crippen molar-refractivity contribution in [3.05, 3.63) is 0 Å². The van der Waals surface area contributed by atoms with Crippen LogP contribution >= 0.6 is 0 Å². The third-order valence-corrected chi connectivity index (χ3v) is 6.06. The molecule has 0 radical (unpaired) electrons. The third kappa shape index (κ3) is 8.17. The van der Waals surface area contributed by atoms with Crippen molar-refractivity contribution < 1.29 is 24.3 Å². The molecule has 0 spiro atoms. The van der Waals surface area contributed by atoms with Crippen LogP contribution in [0.5, 0.6) is 0 Å². The topological polar surface area (TPSA) is 178 Å². The van der Waals surface area contributed by atoms with Gasteiger partial charge >= 0.3 is 5.97 Å². The standard InChI is InChI=1S/C23H41N7O5/c1-13-18(21(33)29-23(3,4)5)30-11-7-9-16(30)19(27-13)25-12-17(31)26-14(2)20(32)28-15(22(34)35)8-6-10-24/h13-16,18H,6-12,24H2,1-5H3,(H,25,27)(H,26,31)(H,28,32)(H,29,33)(H,34,35)/t13-,14-,15+,16+,18-/m0/s1. The summed E-state index contributed by atoms with van der Waals surface area (Å²) in [6.45, 7) is 10.2. The average molecular weight is 496 g/mol. The van der Waals surface area contributed by atoms with E-state index in [4.69, 9.17) is 5.73 Å². The number of hydrogen-bond donors (Lipinski definition) is 6. The van der Waals surface area contributed by atoms with E-state index in [0.717, 1.165) is 19.4 Å². The third-order valence-electron chi connectivity index (χ3n) is 6.06. The second kappa shape index (κ2) is 12.3. The molecule has 2 saturated heterocycles.